The lowest BCUT2D eigenvalue weighted by molar-refractivity contribution is 0.250. The molecule has 0 aliphatic carbocycles. The van der Waals surface area contributed by atoms with E-state index in [0.29, 0.717) is 6.54 Å². The molecule has 0 saturated carbocycles. The minimum Gasteiger partial charge on any atom is -0.457 e. The Bertz CT molecular complexity index is 1420. The topological polar surface area (TPSA) is 43.2 Å². The molecule has 1 aromatic heterocycles. The van der Waals surface area contributed by atoms with Crippen molar-refractivity contribution in [2.75, 3.05) is 6.54 Å². The summed E-state index contributed by atoms with van der Waals surface area (Å²) in [4.78, 5) is 2.44. The Balaban J connectivity index is 1.29. The summed E-state index contributed by atoms with van der Waals surface area (Å²) < 4.78 is 9.22. The molecule has 0 radical (unpaired) electrons. The Morgan fingerprint density at radius 1 is 0.737 bits per heavy atom. The molecule has 0 fully saturated rings. The van der Waals surface area contributed by atoms with E-state index < -0.39 is 0 Å². The third-order valence-corrected chi connectivity index (χ3v) is 7.00. The zero-order valence-electron chi connectivity index (χ0n) is 21.5. The molecular formula is C32H31BrN4O. The number of rotatable bonds is 11. The van der Waals surface area contributed by atoms with Crippen molar-refractivity contribution < 1.29 is 4.74 Å². The number of aromatic nitrogens is 3. The predicted molar refractivity (Wildman–Crippen MR) is 155 cm³/mol. The van der Waals surface area contributed by atoms with Gasteiger partial charge in [0.25, 0.3) is 0 Å². The largest absolute Gasteiger partial charge is 0.457 e. The second-order valence-corrected chi connectivity index (χ2v) is 10.4. The quantitative estimate of drug-likeness (QED) is 0.167. The highest BCUT2D eigenvalue weighted by molar-refractivity contribution is 9.10. The zero-order chi connectivity index (χ0) is 26.2. The number of aryl methyl sites for hydroxylation is 1. The van der Waals surface area contributed by atoms with Gasteiger partial charge in [0, 0.05) is 17.6 Å². The summed E-state index contributed by atoms with van der Waals surface area (Å²) in [7, 11) is 0. The van der Waals surface area contributed by atoms with Crippen molar-refractivity contribution in [1.82, 2.24) is 19.7 Å². The maximum absolute atomic E-state index is 5.98. The molecule has 0 spiro atoms. The van der Waals surface area contributed by atoms with Gasteiger partial charge in [-0.1, -0.05) is 88.2 Å². The van der Waals surface area contributed by atoms with Crippen molar-refractivity contribution in [2.45, 2.75) is 33.0 Å². The highest BCUT2D eigenvalue weighted by Crippen LogP contribution is 2.22. The van der Waals surface area contributed by atoms with Crippen molar-refractivity contribution in [3.63, 3.8) is 0 Å². The first-order chi connectivity index (χ1) is 18.6. The first kappa shape index (κ1) is 25.9. The molecule has 0 bridgehead atoms. The van der Waals surface area contributed by atoms with Gasteiger partial charge in [-0.15, -0.1) is 10.2 Å². The van der Waals surface area contributed by atoms with Crippen LogP contribution in [0.25, 0.3) is 0 Å². The van der Waals surface area contributed by atoms with Gasteiger partial charge in [-0.25, -0.2) is 0 Å². The molecule has 0 aliphatic rings. The van der Waals surface area contributed by atoms with Gasteiger partial charge in [0.05, 0.1) is 13.1 Å². The lowest BCUT2D eigenvalue weighted by Crippen LogP contribution is -2.27. The number of nitrogens with zero attached hydrogens (tertiary/aromatic N) is 4. The van der Waals surface area contributed by atoms with Crippen LogP contribution in [-0.2, 0) is 26.1 Å². The van der Waals surface area contributed by atoms with E-state index in [1.807, 2.05) is 48.8 Å². The Hall–Kier alpha value is -3.74. The molecule has 6 heteroatoms. The summed E-state index contributed by atoms with van der Waals surface area (Å²) in [5.74, 6) is 2.63. The van der Waals surface area contributed by atoms with Crippen LogP contribution < -0.4 is 4.74 Å². The Kier molecular flexibility index (Phi) is 8.64. The normalized spacial score (nSPS) is 11.1. The molecule has 0 N–H and O–H groups in total. The van der Waals surface area contributed by atoms with Crippen LogP contribution in [-0.4, -0.2) is 26.2 Å². The van der Waals surface area contributed by atoms with Gasteiger partial charge in [0.2, 0.25) is 0 Å². The van der Waals surface area contributed by atoms with Crippen molar-refractivity contribution in [3.05, 3.63) is 142 Å². The van der Waals surface area contributed by atoms with E-state index in [-0.39, 0.29) is 0 Å². The van der Waals surface area contributed by atoms with E-state index in [1.54, 1.807) is 0 Å². The average molecular weight is 568 g/mol. The fraction of sp³-hybridized carbons (Fsp3) is 0.188. The molecule has 1 heterocycles. The summed E-state index contributed by atoms with van der Waals surface area (Å²) in [6.45, 7) is 5.29. The van der Waals surface area contributed by atoms with E-state index >= 15 is 0 Å². The molecule has 0 amide bonds. The molecule has 0 unspecified atom stereocenters. The van der Waals surface area contributed by atoms with E-state index in [1.165, 1.54) is 22.3 Å². The van der Waals surface area contributed by atoms with Gasteiger partial charge in [-0.3, -0.25) is 4.90 Å². The maximum Gasteiger partial charge on any atom is 0.147 e. The first-order valence-corrected chi connectivity index (χ1v) is 13.6. The Labute approximate surface area is 232 Å². The lowest BCUT2D eigenvalue weighted by Gasteiger charge is -2.23. The van der Waals surface area contributed by atoms with Gasteiger partial charge >= 0.3 is 0 Å². The summed E-state index contributed by atoms with van der Waals surface area (Å²) in [6, 6.07) is 35.4. The summed E-state index contributed by atoms with van der Waals surface area (Å²) in [5.41, 5.74) is 5.04. The fourth-order valence-corrected chi connectivity index (χ4v) is 4.59. The highest BCUT2D eigenvalue weighted by atomic mass is 79.9. The van der Waals surface area contributed by atoms with Gasteiger partial charge in [0.15, 0.2) is 0 Å². The number of hydrogen-bond donors (Lipinski definition) is 0. The van der Waals surface area contributed by atoms with Crippen molar-refractivity contribution in [3.8, 4) is 11.5 Å². The number of benzene rings is 4. The van der Waals surface area contributed by atoms with E-state index in [0.717, 1.165) is 47.9 Å². The number of halogens is 1. The van der Waals surface area contributed by atoms with Gasteiger partial charge in [0.1, 0.15) is 23.7 Å². The van der Waals surface area contributed by atoms with Crippen molar-refractivity contribution in [2.24, 2.45) is 0 Å². The molecule has 5 aromatic rings. The van der Waals surface area contributed by atoms with Crippen LogP contribution in [0.2, 0.25) is 0 Å². The Morgan fingerprint density at radius 3 is 2.13 bits per heavy atom. The monoisotopic (exact) mass is 566 g/mol. The van der Waals surface area contributed by atoms with Crippen molar-refractivity contribution in [1.29, 1.82) is 0 Å². The summed E-state index contributed by atoms with van der Waals surface area (Å²) in [6.07, 6.45) is 2.78. The molecule has 4 aromatic carbocycles. The zero-order valence-corrected chi connectivity index (χ0v) is 23.1. The van der Waals surface area contributed by atoms with Gasteiger partial charge in [-0.2, -0.15) is 0 Å². The SMILES string of the molecule is Cc1ccc(Cn2cnnc2CN(CCc2ccc(Br)cc2)Cc2ccc(Oc3ccccc3)cc2)cc1. The summed E-state index contributed by atoms with van der Waals surface area (Å²) >= 11 is 3.54. The van der Waals surface area contributed by atoms with Crippen LogP contribution in [0.1, 0.15) is 28.1 Å². The van der Waals surface area contributed by atoms with E-state index in [4.69, 9.17) is 4.74 Å². The average Bonchev–Trinajstić information content (AvgIpc) is 3.37. The third-order valence-electron chi connectivity index (χ3n) is 6.47. The third kappa shape index (κ3) is 7.40. The van der Waals surface area contributed by atoms with Gasteiger partial charge in [-0.05, 0) is 66.4 Å². The molecular weight excluding hydrogens is 536 g/mol. The van der Waals surface area contributed by atoms with E-state index in [2.05, 4.69) is 103 Å². The minimum absolute atomic E-state index is 0.713. The number of para-hydroxylation sites is 1. The summed E-state index contributed by atoms with van der Waals surface area (Å²) in [5, 5.41) is 8.72. The fourth-order valence-electron chi connectivity index (χ4n) is 4.32. The van der Waals surface area contributed by atoms with Crippen LogP contribution in [0.15, 0.2) is 114 Å². The molecule has 38 heavy (non-hydrogen) atoms. The number of ether oxygens (including phenoxy) is 1. The molecule has 0 saturated heterocycles. The second-order valence-electron chi connectivity index (χ2n) is 9.51. The highest BCUT2D eigenvalue weighted by Gasteiger charge is 2.13. The molecule has 5 rings (SSSR count). The van der Waals surface area contributed by atoms with Crippen LogP contribution in [0.4, 0.5) is 0 Å². The van der Waals surface area contributed by atoms with Crippen LogP contribution in [0.3, 0.4) is 0 Å². The van der Waals surface area contributed by atoms with Gasteiger partial charge < -0.3 is 9.30 Å². The molecule has 0 aliphatic heterocycles. The Morgan fingerprint density at radius 2 is 1.39 bits per heavy atom. The van der Waals surface area contributed by atoms with Crippen LogP contribution in [0.5, 0.6) is 11.5 Å². The second kappa shape index (κ2) is 12.7. The van der Waals surface area contributed by atoms with Crippen molar-refractivity contribution >= 4 is 15.9 Å². The first-order valence-electron chi connectivity index (χ1n) is 12.8. The molecule has 0 atom stereocenters. The van der Waals surface area contributed by atoms with Crippen LogP contribution in [0, 0.1) is 6.92 Å². The predicted octanol–water partition coefficient (Wildman–Crippen LogP) is 7.43. The molecule has 192 valence electrons. The van der Waals surface area contributed by atoms with E-state index in [9.17, 15) is 0 Å². The standard InChI is InChI=1S/C32H31BrN4O/c1-25-7-9-28(10-8-25)22-37-24-34-35-32(37)23-36(20-19-26-11-15-29(33)16-12-26)21-27-13-17-31(18-14-27)38-30-5-3-2-4-6-30/h2-18,24H,19-23H2,1H3. The smallest absolute Gasteiger partial charge is 0.147 e. The lowest BCUT2D eigenvalue weighted by atomic mass is 10.1. The minimum atomic E-state index is 0.713. The molecule has 5 nitrogen and oxygen atoms in total. The maximum atomic E-state index is 5.98. The van der Waals surface area contributed by atoms with Crippen LogP contribution >= 0.6 is 15.9 Å². The number of hydrogen-bond acceptors (Lipinski definition) is 4.